The van der Waals surface area contributed by atoms with Gasteiger partial charge in [0, 0.05) is 22.7 Å². The van der Waals surface area contributed by atoms with Gasteiger partial charge in [0.2, 0.25) is 5.91 Å². The fraction of sp³-hybridized carbons (Fsp3) is 0.174. The molecule has 2 aromatic heterocycles. The third-order valence-corrected chi connectivity index (χ3v) is 7.24. The molecule has 4 rings (SSSR count). The van der Waals surface area contributed by atoms with E-state index in [1.54, 1.807) is 31.4 Å². The minimum atomic E-state index is -0.504. The summed E-state index contributed by atoms with van der Waals surface area (Å²) in [5.41, 5.74) is 1.69. The van der Waals surface area contributed by atoms with Gasteiger partial charge < -0.3 is 10.1 Å². The van der Waals surface area contributed by atoms with Crippen molar-refractivity contribution < 1.29 is 14.5 Å². The van der Waals surface area contributed by atoms with E-state index in [4.69, 9.17) is 9.72 Å². The minimum absolute atomic E-state index is 0.00553. The zero-order valence-electron chi connectivity index (χ0n) is 18.5. The summed E-state index contributed by atoms with van der Waals surface area (Å²) < 4.78 is 6.72. The van der Waals surface area contributed by atoms with Crippen molar-refractivity contribution >= 4 is 50.6 Å². The number of benzene rings is 2. The molecule has 0 saturated heterocycles. The molecule has 0 aliphatic rings. The second kappa shape index (κ2) is 9.65. The van der Waals surface area contributed by atoms with Gasteiger partial charge in [0.1, 0.15) is 10.6 Å². The number of aromatic nitrogens is 2. The molecule has 1 N–H and O–H groups in total. The summed E-state index contributed by atoms with van der Waals surface area (Å²) >= 11 is 2.58. The number of ether oxygens (including phenoxy) is 1. The van der Waals surface area contributed by atoms with Crippen LogP contribution in [-0.4, -0.2) is 33.2 Å². The van der Waals surface area contributed by atoms with Crippen molar-refractivity contribution in [3.05, 3.63) is 79.4 Å². The third kappa shape index (κ3) is 4.66. The topological polar surface area (TPSA) is 116 Å². The van der Waals surface area contributed by atoms with Gasteiger partial charge in [-0.15, -0.1) is 11.3 Å². The van der Waals surface area contributed by atoms with Crippen molar-refractivity contribution in [2.75, 3.05) is 18.2 Å². The average molecular weight is 497 g/mol. The van der Waals surface area contributed by atoms with Gasteiger partial charge in [0.15, 0.2) is 5.16 Å². The zero-order valence-corrected chi connectivity index (χ0v) is 20.2. The molecule has 0 bridgehead atoms. The van der Waals surface area contributed by atoms with Gasteiger partial charge in [0.05, 0.1) is 28.9 Å². The second-order valence-electron chi connectivity index (χ2n) is 7.34. The number of carbonyl (C=O) groups excluding carboxylic acids is 1. The number of anilines is 1. The van der Waals surface area contributed by atoms with E-state index in [9.17, 15) is 19.7 Å². The van der Waals surface area contributed by atoms with Crippen molar-refractivity contribution in [1.82, 2.24) is 9.55 Å². The number of thioether (sulfide) groups is 1. The Hall–Kier alpha value is -3.70. The van der Waals surface area contributed by atoms with Crippen molar-refractivity contribution in [2.45, 2.75) is 19.0 Å². The smallest absolute Gasteiger partial charge is 0.269 e. The van der Waals surface area contributed by atoms with Gasteiger partial charge >= 0.3 is 0 Å². The number of fused-ring (bicyclic) bond motifs is 1. The van der Waals surface area contributed by atoms with Gasteiger partial charge in [-0.3, -0.25) is 24.3 Å². The van der Waals surface area contributed by atoms with E-state index < -0.39 is 4.92 Å². The van der Waals surface area contributed by atoms with E-state index in [-0.39, 0.29) is 22.9 Å². The predicted octanol–water partition coefficient (Wildman–Crippen LogP) is 4.71. The van der Waals surface area contributed by atoms with E-state index in [1.165, 1.54) is 40.2 Å². The number of nitro groups is 1. The molecule has 2 heterocycles. The largest absolute Gasteiger partial charge is 0.497 e. The molecule has 11 heteroatoms. The molecule has 0 aliphatic carbocycles. The molecule has 0 radical (unpaired) electrons. The van der Waals surface area contributed by atoms with Crippen LogP contribution in [0.1, 0.15) is 10.4 Å². The quantitative estimate of drug-likeness (QED) is 0.170. The van der Waals surface area contributed by atoms with Crippen molar-refractivity contribution in [3.63, 3.8) is 0 Å². The number of hydrogen-bond donors (Lipinski definition) is 1. The van der Waals surface area contributed by atoms with Crippen LogP contribution in [0.5, 0.6) is 5.75 Å². The molecular formula is C23H20N4O5S2. The number of nitrogens with one attached hydrogen (secondary N) is 1. The average Bonchev–Trinajstić information content (AvgIpc) is 3.11. The lowest BCUT2D eigenvalue weighted by atomic mass is 10.2. The SMILES string of the molecule is COc1ccc(-n2c(SCC(=O)Nc3ccc([N+](=O)[O-])cc3)nc3sc(C)c(C)c3c2=O)cc1. The number of methoxy groups -OCH3 is 1. The Labute approximate surface area is 202 Å². The van der Waals surface area contributed by atoms with E-state index in [1.807, 2.05) is 13.8 Å². The maximum absolute atomic E-state index is 13.5. The molecule has 0 aliphatic heterocycles. The van der Waals surface area contributed by atoms with E-state index in [0.717, 1.165) is 22.2 Å². The molecule has 34 heavy (non-hydrogen) atoms. The summed E-state index contributed by atoms with van der Waals surface area (Å²) in [5, 5.41) is 14.5. The summed E-state index contributed by atoms with van der Waals surface area (Å²) in [6.07, 6.45) is 0. The fourth-order valence-corrected chi connectivity index (χ4v) is 5.21. The highest BCUT2D eigenvalue weighted by Gasteiger charge is 2.19. The molecule has 4 aromatic rings. The first-order valence-corrected chi connectivity index (χ1v) is 11.9. The van der Waals surface area contributed by atoms with Crippen molar-refractivity contribution in [3.8, 4) is 11.4 Å². The lowest BCUT2D eigenvalue weighted by molar-refractivity contribution is -0.384. The molecule has 9 nitrogen and oxygen atoms in total. The van der Waals surface area contributed by atoms with Crippen molar-refractivity contribution in [2.24, 2.45) is 0 Å². The van der Waals surface area contributed by atoms with E-state index in [0.29, 0.717) is 32.5 Å². The number of aryl methyl sites for hydroxylation is 2. The third-order valence-electron chi connectivity index (χ3n) is 5.20. The summed E-state index contributed by atoms with van der Waals surface area (Å²) in [4.78, 5) is 42.7. The first kappa shape index (κ1) is 23.5. The first-order chi connectivity index (χ1) is 16.3. The molecule has 1 amide bonds. The zero-order chi connectivity index (χ0) is 24.4. The Morgan fingerprint density at radius 3 is 2.47 bits per heavy atom. The number of rotatable bonds is 7. The molecular weight excluding hydrogens is 476 g/mol. The van der Waals surface area contributed by atoms with Gasteiger partial charge in [-0.05, 0) is 55.8 Å². The number of hydrogen-bond acceptors (Lipinski definition) is 8. The Bertz CT molecular complexity index is 1440. The predicted molar refractivity (Wildman–Crippen MR) is 134 cm³/mol. The van der Waals surface area contributed by atoms with Gasteiger partial charge in [-0.25, -0.2) is 4.98 Å². The standard InChI is InChI=1S/C23H20N4O5S2/c1-13-14(2)34-21-20(13)22(29)26(16-8-10-18(32-3)11-9-16)23(25-21)33-12-19(28)24-15-4-6-17(7-5-15)27(30)31/h4-11H,12H2,1-3H3,(H,24,28). The highest BCUT2D eigenvalue weighted by Crippen LogP contribution is 2.30. The lowest BCUT2D eigenvalue weighted by Gasteiger charge is -2.13. The molecule has 0 spiro atoms. The Kier molecular flexibility index (Phi) is 6.66. The first-order valence-electron chi connectivity index (χ1n) is 10.1. The molecule has 0 fully saturated rings. The highest BCUT2D eigenvalue weighted by atomic mass is 32.2. The summed E-state index contributed by atoms with van der Waals surface area (Å²) in [6, 6.07) is 12.6. The Morgan fingerprint density at radius 2 is 1.85 bits per heavy atom. The number of amides is 1. The summed E-state index contributed by atoms with van der Waals surface area (Å²) in [5.74, 6) is 0.326. The van der Waals surface area contributed by atoms with Crippen LogP contribution in [0.15, 0.2) is 58.5 Å². The van der Waals surface area contributed by atoms with Crippen LogP contribution in [0.4, 0.5) is 11.4 Å². The number of nitrogens with zero attached hydrogens (tertiary/aromatic N) is 3. The molecule has 174 valence electrons. The number of nitro benzene ring substituents is 1. The number of non-ortho nitro benzene ring substituents is 1. The van der Waals surface area contributed by atoms with Crippen LogP contribution < -0.4 is 15.6 Å². The van der Waals surface area contributed by atoms with E-state index >= 15 is 0 Å². The van der Waals surface area contributed by atoms with Gasteiger partial charge in [-0.2, -0.15) is 0 Å². The Morgan fingerprint density at radius 1 is 1.18 bits per heavy atom. The van der Waals surface area contributed by atoms with Crippen LogP contribution in [0.3, 0.4) is 0 Å². The monoisotopic (exact) mass is 496 g/mol. The molecule has 0 atom stereocenters. The maximum Gasteiger partial charge on any atom is 0.269 e. The lowest BCUT2D eigenvalue weighted by Crippen LogP contribution is -2.22. The summed E-state index contributed by atoms with van der Waals surface area (Å²) in [6.45, 7) is 3.85. The fourth-order valence-electron chi connectivity index (χ4n) is 3.32. The van der Waals surface area contributed by atoms with E-state index in [2.05, 4.69) is 5.32 Å². The van der Waals surface area contributed by atoms with Crippen LogP contribution in [0.25, 0.3) is 15.9 Å². The van der Waals surface area contributed by atoms with Crippen LogP contribution in [0, 0.1) is 24.0 Å². The van der Waals surface area contributed by atoms with Crippen LogP contribution in [0.2, 0.25) is 0 Å². The van der Waals surface area contributed by atoms with Crippen LogP contribution in [-0.2, 0) is 4.79 Å². The van der Waals surface area contributed by atoms with Crippen LogP contribution >= 0.6 is 23.1 Å². The van der Waals surface area contributed by atoms with Crippen molar-refractivity contribution in [1.29, 1.82) is 0 Å². The molecule has 0 saturated carbocycles. The number of carbonyl (C=O) groups is 1. The highest BCUT2D eigenvalue weighted by molar-refractivity contribution is 7.99. The molecule has 2 aromatic carbocycles. The van der Waals surface area contributed by atoms with Gasteiger partial charge in [0.25, 0.3) is 11.2 Å². The number of thiophene rings is 1. The Balaban J connectivity index is 1.64. The minimum Gasteiger partial charge on any atom is -0.497 e. The molecule has 0 unspecified atom stereocenters. The maximum atomic E-state index is 13.5. The summed E-state index contributed by atoms with van der Waals surface area (Å²) in [7, 11) is 1.57. The second-order valence-corrected chi connectivity index (χ2v) is 9.48. The van der Waals surface area contributed by atoms with Gasteiger partial charge in [-0.1, -0.05) is 11.8 Å². The normalized spacial score (nSPS) is 10.9.